The molecule has 3 heterocycles. The Hall–Kier alpha value is -2.04. The molecule has 0 atom stereocenters. The number of amides is 2. The summed E-state index contributed by atoms with van der Waals surface area (Å²) >= 11 is 0. The lowest BCUT2D eigenvalue weighted by Gasteiger charge is -2.34. The van der Waals surface area contributed by atoms with Crippen LogP contribution in [0.1, 0.15) is 29.6 Å². The van der Waals surface area contributed by atoms with Crippen molar-refractivity contribution in [2.45, 2.75) is 19.3 Å². The molecule has 10 heteroatoms. The highest BCUT2D eigenvalue weighted by Crippen LogP contribution is 2.17. The monoisotopic (exact) mass is 423 g/mol. The molecule has 2 fully saturated rings. The SMILES string of the molecule is NC(=O)C1CCN(CCCS(=O)(=O)N2CCN(C(=O)c3cccnc3)CC2)CC1. The smallest absolute Gasteiger partial charge is 0.255 e. The first-order valence-electron chi connectivity index (χ1n) is 10.1. The van der Waals surface area contributed by atoms with Crippen molar-refractivity contribution in [1.29, 1.82) is 0 Å². The minimum absolute atomic E-state index is 0.0549. The normalized spacial score (nSPS) is 19.9. The Balaban J connectivity index is 1.41. The lowest BCUT2D eigenvalue weighted by atomic mass is 9.96. The van der Waals surface area contributed by atoms with Crippen LogP contribution in [0.25, 0.3) is 0 Å². The number of primary amides is 1. The number of nitrogens with zero attached hydrogens (tertiary/aromatic N) is 4. The van der Waals surface area contributed by atoms with E-state index < -0.39 is 10.0 Å². The lowest BCUT2D eigenvalue weighted by Crippen LogP contribution is -2.51. The number of likely N-dealkylation sites (tertiary alicyclic amines) is 1. The zero-order valence-electron chi connectivity index (χ0n) is 16.6. The van der Waals surface area contributed by atoms with Crippen LogP contribution in [0.15, 0.2) is 24.5 Å². The van der Waals surface area contributed by atoms with Crippen molar-refractivity contribution in [2.24, 2.45) is 11.7 Å². The Bertz CT molecular complexity index is 801. The molecule has 2 aliphatic heterocycles. The fraction of sp³-hybridized carbons (Fsp3) is 0.632. The van der Waals surface area contributed by atoms with Crippen molar-refractivity contribution in [3.63, 3.8) is 0 Å². The van der Waals surface area contributed by atoms with Crippen LogP contribution in [0.3, 0.4) is 0 Å². The van der Waals surface area contributed by atoms with Gasteiger partial charge in [-0.3, -0.25) is 14.6 Å². The van der Waals surface area contributed by atoms with E-state index in [4.69, 9.17) is 5.73 Å². The lowest BCUT2D eigenvalue weighted by molar-refractivity contribution is -0.123. The molecule has 160 valence electrons. The van der Waals surface area contributed by atoms with Gasteiger partial charge in [-0.15, -0.1) is 0 Å². The van der Waals surface area contributed by atoms with Crippen molar-refractivity contribution in [1.82, 2.24) is 19.1 Å². The number of piperazine rings is 1. The average Bonchev–Trinajstić information content (AvgIpc) is 2.74. The van der Waals surface area contributed by atoms with Crippen LogP contribution in [0.5, 0.6) is 0 Å². The van der Waals surface area contributed by atoms with Crippen molar-refractivity contribution < 1.29 is 18.0 Å². The fourth-order valence-corrected chi connectivity index (χ4v) is 5.35. The second kappa shape index (κ2) is 9.64. The Kier molecular flexibility index (Phi) is 7.20. The summed E-state index contributed by atoms with van der Waals surface area (Å²) in [5.41, 5.74) is 5.86. The first kappa shape index (κ1) is 21.7. The topological polar surface area (TPSA) is 117 Å². The van der Waals surface area contributed by atoms with Gasteiger partial charge in [0, 0.05) is 44.5 Å². The number of hydrogen-bond acceptors (Lipinski definition) is 6. The first-order chi connectivity index (χ1) is 13.9. The molecule has 3 rings (SSSR count). The van der Waals surface area contributed by atoms with E-state index in [1.165, 1.54) is 10.5 Å². The van der Waals surface area contributed by atoms with Crippen molar-refractivity contribution in [3.05, 3.63) is 30.1 Å². The van der Waals surface area contributed by atoms with E-state index in [9.17, 15) is 18.0 Å². The third kappa shape index (κ3) is 5.74. The van der Waals surface area contributed by atoms with Crippen LogP contribution < -0.4 is 5.73 Å². The molecule has 9 nitrogen and oxygen atoms in total. The largest absolute Gasteiger partial charge is 0.369 e. The maximum atomic E-state index is 12.6. The Morgan fingerprint density at radius 3 is 2.38 bits per heavy atom. The minimum Gasteiger partial charge on any atom is -0.369 e. The summed E-state index contributed by atoms with van der Waals surface area (Å²) in [5, 5.41) is 0. The molecule has 0 aliphatic carbocycles. The summed E-state index contributed by atoms with van der Waals surface area (Å²) in [5.74, 6) is -0.317. The van der Waals surface area contributed by atoms with Gasteiger partial charge in [-0.1, -0.05) is 0 Å². The van der Waals surface area contributed by atoms with Crippen LogP contribution in [0, 0.1) is 5.92 Å². The number of rotatable bonds is 7. The Labute approximate surface area is 171 Å². The number of hydrogen-bond donors (Lipinski definition) is 1. The number of nitrogens with two attached hydrogens (primary N) is 1. The van der Waals surface area contributed by atoms with Gasteiger partial charge in [0.25, 0.3) is 5.91 Å². The highest BCUT2D eigenvalue weighted by molar-refractivity contribution is 7.89. The molecule has 1 aromatic heterocycles. The molecule has 2 amide bonds. The van der Waals surface area contributed by atoms with E-state index in [-0.39, 0.29) is 23.5 Å². The third-order valence-corrected chi connectivity index (χ3v) is 7.65. The van der Waals surface area contributed by atoms with Crippen LogP contribution in [-0.2, 0) is 14.8 Å². The maximum absolute atomic E-state index is 12.6. The number of piperidine rings is 1. The summed E-state index contributed by atoms with van der Waals surface area (Å²) in [7, 11) is -3.34. The van der Waals surface area contributed by atoms with E-state index in [2.05, 4.69) is 9.88 Å². The minimum atomic E-state index is -3.34. The maximum Gasteiger partial charge on any atom is 0.255 e. The Morgan fingerprint density at radius 2 is 1.79 bits per heavy atom. The molecule has 0 saturated carbocycles. The van der Waals surface area contributed by atoms with Crippen LogP contribution in [-0.4, -0.2) is 90.9 Å². The zero-order chi connectivity index (χ0) is 20.9. The van der Waals surface area contributed by atoms with E-state index in [1.54, 1.807) is 23.2 Å². The van der Waals surface area contributed by atoms with E-state index in [0.29, 0.717) is 44.7 Å². The Morgan fingerprint density at radius 1 is 1.10 bits per heavy atom. The third-order valence-electron chi connectivity index (χ3n) is 5.69. The molecule has 2 aliphatic rings. The highest BCUT2D eigenvalue weighted by atomic mass is 32.2. The summed E-state index contributed by atoms with van der Waals surface area (Å²) in [6, 6.07) is 3.43. The van der Waals surface area contributed by atoms with Crippen molar-refractivity contribution >= 4 is 21.8 Å². The van der Waals surface area contributed by atoms with Crippen molar-refractivity contribution in [2.75, 3.05) is 51.6 Å². The number of sulfonamides is 1. The van der Waals surface area contributed by atoms with Gasteiger partial charge in [0.15, 0.2) is 0 Å². The van der Waals surface area contributed by atoms with E-state index in [0.717, 1.165) is 25.9 Å². The average molecular weight is 424 g/mol. The molecule has 0 aromatic carbocycles. The summed E-state index contributed by atoms with van der Waals surface area (Å²) in [4.78, 5) is 31.5. The quantitative estimate of drug-likeness (QED) is 0.647. The molecule has 0 bridgehead atoms. The van der Waals surface area contributed by atoms with Gasteiger partial charge in [-0.2, -0.15) is 4.31 Å². The number of aromatic nitrogens is 1. The summed E-state index contributed by atoms with van der Waals surface area (Å²) in [6.07, 6.45) is 5.18. The molecule has 1 aromatic rings. The number of carbonyl (C=O) groups is 2. The fourth-order valence-electron chi connectivity index (χ4n) is 3.88. The van der Waals surface area contributed by atoms with Gasteiger partial charge < -0.3 is 15.5 Å². The van der Waals surface area contributed by atoms with Gasteiger partial charge in [0.05, 0.1) is 11.3 Å². The van der Waals surface area contributed by atoms with E-state index >= 15 is 0 Å². The molecule has 29 heavy (non-hydrogen) atoms. The van der Waals surface area contributed by atoms with Crippen LogP contribution in [0.2, 0.25) is 0 Å². The van der Waals surface area contributed by atoms with Crippen LogP contribution >= 0.6 is 0 Å². The summed E-state index contributed by atoms with van der Waals surface area (Å²) in [6.45, 7) is 3.66. The highest BCUT2D eigenvalue weighted by Gasteiger charge is 2.29. The van der Waals surface area contributed by atoms with Gasteiger partial charge in [-0.25, -0.2) is 8.42 Å². The molecule has 2 N–H and O–H groups in total. The van der Waals surface area contributed by atoms with Gasteiger partial charge >= 0.3 is 0 Å². The second-order valence-electron chi connectivity index (χ2n) is 7.62. The summed E-state index contributed by atoms with van der Waals surface area (Å²) < 4.78 is 26.8. The first-order valence-corrected chi connectivity index (χ1v) is 11.7. The van der Waals surface area contributed by atoms with Crippen LogP contribution in [0.4, 0.5) is 0 Å². The van der Waals surface area contributed by atoms with Crippen molar-refractivity contribution in [3.8, 4) is 0 Å². The molecule has 0 radical (unpaired) electrons. The van der Waals surface area contributed by atoms with Gasteiger partial charge in [0.2, 0.25) is 15.9 Å². The molecular formula is C19H29N5O4S. The number of carbonyl (C=O) groups excluding carboxylic acids is 2. The predicted octanol–water partition coefficient (Wildman–Crippen LogP) is -0.243. The molecule has 0 unspecified atom stereocenters. The molecular weight excluding hydrogens is 394 g/mol. The van der Waals surface area contributed by atoms with Gasteiger partial charge in [-0.05, 0) is 51.0 Å². The van der Waals surface area contributed by atoms with E-state index in [1.807, 2.05) is 0 Å². The second-order valence-corrected chi connectivity index (χ2v) is 9.71. The molecule has 0 spiro atoms. The van der Waals surface area contributed by atoms with Gasteiger partial charge in [0.1, 0.15) is 0 Å². The molecule has 2 saturated heterocycles. The number of pyridine rings is 1. The standard InChI is InChI=1S/C19H29N5O4S/c20-18(25)16-4-8-22(9-5-16)7-2-14-29(27,28)24-12-10-23(11-13-24)19(26)17-3-1-6-21-15-17/h1,3,6,15-16H,2,4-5,7-14H2,(H2,20,25). The predicted molar refractivity (Wildman–Crippen MR) is 108 cm³/mol. The zero-order valence-corrected chi connectivity index (χ0v) is 17.4.